The quantitative estimate of drug-likeness (QED) is 0.438. The Morgan fingerprint density at radius 3 is 2.24 bits per heavy atom. The van der Waals surface area contributed by atoms with E-state index in [2.05, 4.69) is 4.72 Å². The fourth-order valence-electron chi connectivity index (χ4n) is 3.03. The van der Waals surface area contributed by atoms with Crippen LogP contribution in [0.2, 0.25) is 0 Å². The lowest BCUT2D eigenvalue weighted by molar-refractivity contribution is 0.601. The second-order valence-corrected chi connectivity index (χ2v) is 9.67. The number of sulfonamides is 1. The van der Waals surface area contributed by atoms with E-state index in [1.165, 1.54) is 0 Å². The number of thiazole rings is 1. The van der Waals surface area contributed by atoms with E-state index in [1.54, 1.807) is 41.7 Å². The van der Waals surface area contributed by atoms with Crippen LogP contribution in [-0.2, 0) is 10.0 Å². The predicted molar refractivity (Wildman–Crippen MR) is 120 cm³/mol. The van der Waals surface area contributed by atoms with Crippen LogP contribution in [-0.4, -0.2) is 13.4 Å². The third-order valence-electron chi connectivity index (χ3n) is 4.54. The summed E-state index contributed by atoms with van der Waals surface area (Å²) in [5.74, 6) is 0. The fraction of sp³-hybridized carbons (Fsp3) is 0.0870. The molecule has 0 unspecified atom stereocenters. The molecular weight excluding hydrogens is 400 g/mol. The molecule has 4 rings (SSSR count). The maximum absolute atomic E-state index is 12.7. The Kier molecular flexibility index (Phi) is 5.22. The average Bonchev–Trinajstić information content (AvgIpc) is 3.11. The zero-order valence-corrected chi connectivity index (χ0v) is 17.7. The molecule has 4 aromatic rings. The van der Waals surface area contributed by atoms with Crippen LogP contribution < -0.4 is 4.72 Å². The standard InChI is InChI=1S/C23H20N2O2S2/c1-16-11-13-21(14-12-16)29(26,27)25-20-10-6-9-19(15-20)23-24-22(17(2)28-23)18-7-4-3-5-8-18/h3-15,25H,1-2H3. The van der Waals surface area contributed by atoms with E-state index in [4.69, 9.17) is 4.98 Å². The Morgan fingerprint density at radius 1 is 0.828 bits per heavy atom. The Labute approximate surface area is 175 Å². The molecular formula is C23H20N2O2S2. The van der Waals surface area contributed by atoms with Crippen LogP contribution in [0, 0.1) is 13.8 Å². The van der Waals surface area contributed by atoms with Gasteiger partial charge in [0.2, 0.25) is 0 Å². The molecule has 0 saturated carbocycles. The molecule has 0 aliphatic carbocycles. The molecule has 0 spiro atoms. The third-order valence-corrected chi connectivity index (χ3v) is 6.95. The van der Waals surface area contributed by atoms with Gasteiger partial charge in [-0.15, -0.1) is 11.3 Å². The lowest BCUT2D eigenvalue weighted by Crippen LogP contribution is -2.12. The van der Waals surface area contributed by atoms with E-state index >= 15 is 0 Å². The highest BCUT2D eigenvalue weighted by Crippen LogP contribution is 2.34. The summed E-state index contributed by atoms with van der Waals surface area (Å²) in [6.07, 6.45) is 0. The van der Waals surface area contributed by atoms with Crippen LogP contribution in [0.5, 0.6) is 0 Å². The molecule has 0 bridgehead atoms. The van der Waals surface area contributed by atoms with Crippen molar-refractivity contribution in [3.05, 3.63) is 89.3 Å². The number of nitrogens with one attached hydrogen (secondary N) is 1. The van der Waals surface area contributed by atoms with Gasteiger partial charge in [0.1, 0.15) is 5.01 Å². The molecule has 6 heteroatoms. The van der Waals surface area contributed by atoms with Gasteiger partial charge in [-0.1, -0.05) is 60.2 Å². The molecule has 29 heavy (non-hydrogen) atoms. The van der Waals surface area contributed by atoms with Crippen LogP contribution in [0.3, 0.4) is 0 Å². The zero-order valence-electron chi connectivity index (χ0n) is 16.1. The van der Waals surface area contributed by atoms with Crippen LogP contribution in [0.15, 0.2) is 83.8 Å². The number of aromatic nitrogens is 1. The van der Waals surface area contributed by atoms with Gasteiger partial charge >= 0.3 is 0 Å². The van der Waals surface area contributed by atoms with Gasteiger partial charge in [0.15, 0.2) is 0 Å². The molecule has 146 valence electrons. The van der Waals surface area contributed by atoms with Crippen molar-refractivity contribution in [1.82, 2.24) is 4.98 Å². The normalized spacial score (nSPS) is 11.4. The average molecular weight is 421 g/mol. The van der Waals surface area contributed by atoms with Gasteiger partial charge in [0.25, 0.3) is 10.0 Å². The summed E-state index contributed by atoms with van der Waals surface area (Å²) in [5.41, 5.74) is 4.43. The minimum absolute atomic E-state index is 0.241. The van der Waals surface area contributed by atoms with E-state index in [0.717, 1.165) is 32.3 Å². The summed E-state index contributed by atoms with van der Waals surface area (Å²) in [4.78, 5) is 6.16. The lowest BCUT2D eigenvalue weighted by Gasteiger charge is -2.09. The lowest BCUT2D eigenvalue weighted by atomic mass is 10.1. The highest BCUT2D eigenvalue weighted by molar-refractivity contribution is 7.92. The number of hydrogen-bond acceptors (Lipinski definition) is 4. The SMILES string of the molecule is Cc1ccc(S(=O)(=O)Nc2cccc(-c3nc(-c4ccccc4)c(C)s3)c2)cc1. The molecule has 0 aliphatic heterocycles. The van der Waals surface area contributed by atoms with E-state index in [1.807, 2.05) is 62.4 Å². The number of aryl methyl sites for hydroxylation is 2. The minimum atomic E-state index is -3.64. The van der Waals surface area contributed by atoms with Crippen molar-refractivity contribution >= 4 is 27.0 Å². The summed E-state index contributed by atoms with van der Waals surface area (Å²) >= 11 is 1.60. The highest BCUT2D eigenvalue weighted by atomic mass is 32.2. The molecule has 3 aromatic carbocycles. The highest BCUT2D eigenvalue weighted by Gasteiger charge is 2.15. The van der Waals surface area contributed by atoms with Crippen LogP contribution >= 0.6 is 11.3 Å². The molecule has 0 amide bonds. The molecule has 0 atom stereocenters. The molecule has 0 aliphatic rings. The van der Waals surface area contributed by atoms with Crippen LogP contribution in [0.4, 0.5) is 5.69 Å². The second-order valence-electron chi connectivity index (χ2n) is 6.79. The van der Waals surface area contributed by atoms with Crippen molar-refractivity contribution < 1.29 is 8.42 Å². The fourth-order valence-corrected chi connectivity index (χ4v) is 5.01. The van der Waals surface area contributed by atoms with Crippen molar-refractivity contribution in [2.45, 2.75) is 18.7 Å². The first-order valence-corrected chi connectivity index (χ1v) is 11.5. The first kappa shape index (κ1) is 19.4. The first-order chi connectivity index (χ1) is 13.9. The van der Waals surface area contributed by atoms with E-state index in [0.29, 0.717) is 5.69 Å². The Bertz CT molecular complexity index is 1250. The smallest absolute Gasteiger partial charge is 0.261 e. The van der Waals surface area contributed by atoms with Gasteiger partial charge in [-0.05, 0) is 38.1 Å². The van der Waals surface area contributed by atoms with Gasteiger partial charge in [-0.2, -0.15) is 0 Å². The zero-order chi connectivity index (χ0) is 20.4. The van der Waals surface area contributed by atoms with Crippen LogP contribution in [0.25, 0.3) is 21.8 Å². The number of rotatable bonds is 5. The van der Waals surface area contributed by atoms with Gasteiger partial charge in [-0.25, -0.2) is 13.4 Å². The van der Waals surface area contributed by atoms with Gasteiger partial charge < -0.3 is 0 Å². The molecule has 1 N–H and O–H groups in total. The maximum Gasteiger partial charge on any atom is 0.261 e. The number of hydrogen-bond donors (Lipinski definition) is 1. The summed E-state index contributed by atoms with van der Waals surface area (Å²) in [6, 6.07) is 24.2. The summed E-state index contributed by atoms with van der Waals surface area (Å²) < 4.78 is 28.0. The Morgan fingerprint density at radius 2 is 1.52 bits per heavy atom. The van der Waals surface area contributed by atoms with Crippen molar-refractivity contribution in [1.29, 1.82) is 0 Å². The monoisotopic (exact) mass is 420 g/mol. The molecule has 1 aromatic heterocycles. The molecule has 0 saturated heterocycles. The van der Waals surface area contributed by atoms with Crippen molar-refractivity contribution in [3.8, 4) is 21.8 Å². The van der Waals surface area contributed by atoms with E-state index in [-0.39, 0.29) is 4.90 Å². The Hall–Kier alpha value is -2.96. The van der Waals surface area contributed by atoms with Crippen molar-refractivity contribution in [2.75, 3.05) is 4.72 Å². The largest absolute Gasteiger partial charge is 0.280 e. The Balaban J connectivity index is 1.64. The van der Waals surface area contributed by atoms with Crippen LogP contribution in [0.1, 0.15) is 10.4 Å². The number of benzene rings is 3. The molecule has 1 heterocycles. The van der Waals surface area contributed by atoms with E-state index in [9.17, 15) is 8.42 Å². The molecule has 0 radical (unpaired) electrons. The summed E-state index contributed by atoms with van der Waals surface area (Å²) in [5, 5.41) is 0.859. The van der Waals surface area contributed by atoms with E-state index < -0.39 is 10.0 Å². The third kappa shape index (κ3) is 4.23. The summed E-state index contributed by atoms with van der Waals surface area (Å²) in [7, 11) is -3.64. The number of anilines is 1. The van der Waals surface area contributed by atoms with Crippen molar-refractivity contribution in [2.24, 2.45) is 0 Å². The second kappa shape index (κ2) is 7.81. The van der Waals surface area contributed by atoms with Gasteiger partial charge in [0, 0.05) is 21.7 Å². The van der Waals surface area contributed by atoms with Gasteiger partial charge in [-0.3, -0.25) is 4.72 Å². The molecule has 4 nitrogen and oxygen atoms in total. The topological polar surface area (TPSA) is 59.1 Å². The summed E-state index contributed by atoms with van der Waals surface area (Å²) in [6.45, 7) is 3.97. The minimum Gasteiger partial charge on any atom is -0.280 e. The predicted octanol–water partition coefficient (Wildman–Crippen LogP) is 5.89. The van der Waals surface area contributed by atoms with Gasteiger partial charge in [0.05, 0.1) is 10.6 Å². The number of nitrogens with zero attached hydrogens (tertiary/aromatic N) is 1. The first-order valence-electron chi connectivity index (χ1n) is 9.15. The maximum atomic E-state index is 12.7. The van der Waals surface area contributed by atoms with Crippen molar-refractivity contribution in [3.63, 3.8) is 0 Å². The molecule has 0 fully saturated rings.